The van der Waals surface area contributed by atoms with Gasteiger partial charge >= 0.3 is 0 Å². The fourth-order valence-corrected chi connectivity index (χ4v) is 1.59. The molecule has 0 aromatic carbocycles. The molecular weight excluding hydrogens is 190 g/mol. The largest absolute Gasteiger partial charge is 0.337 e. The third kappa shape index (κ3) is 3.21. The Morgan fingerprint density at radius 2 is 2.21 bits per heavy atom. The summed E-state index contributed by atoms with van der Waals surface area (Å²) >= 11 is 0. The monoisotopic (exact) mass is 206 g/mol. The van der Waals surface area contributed by atoms with Crippen molar-refractivity contribution in [3.05, 3.63) is 0 Å². The van der Waals surface area contributed by atoms with Crippen molar-refractivity contribution in [1.29, 1.82) is 0 Å². The Bertz CT molecular complexity index is 209. The van der Waals surface area contributed by atoms with E-state index in [1.54, 1.807) is 0 Å². The molecule has 0 unspecified atom stereocenters. The van der Waals surface area contributed by atoms with Crippen molar-refractivity contribution in [1.82, 2.24) is 4.90 Å². The molecule has 1 aliphatic heterocycles. The van der Waals surface area contributed by atoms with Crippen LogP contribution in [-0.2, 0) is 4.79 Å². The number of hydrogen-bond donors (Lipinski definition) is 1. The molecule has 0 aliphatic carbocycles. The molecule has 0 aromatic rings. The van der Waals surface area contributed by atoms with Gasteiger partial charge in [-0.15, -0.1) is 0 Å². The van der Waals surface area contributed by atoms with E-state index in [-0.39, 0.29) is 18.7 Å². The molecule has 5 heteroatoms. The summed E-state index contributed by atoms with van der Waals surface area (Å²) in [6, 6.07) is 0. The number of hydrogen-bond acceptors (Lipinski definition) is 2. The van der Waals surface area contributed by atoms with E-state index < -0.39 is 12.5 Å². The molecule has 1 amide bonds. The van der Waals surface area contributed by atoms with Crippen molar-refractivity contribution in [3.8, 4) is 0 Å². The van der Waals surface area contributed by atoms with Gasteiger partial charge < -0.3 is 10.6 Å². The molecule has 2 N–H and O–H groups in total. The number of carbonyl (C=O) groups is 1. The molecule has 0 radical (unpaired) electrons. The maximum Gasteiger partial charge on any atom is 0.265 e. The molecule has 1 rings (SSSR count). The van der Waals surface area contributed by atoms with Crippen LogP contribution < -0.4 is 5.73 Å². The second-order valence-corrected chi connectivity index (χ2v) is 3.67. The summed E-state index contributed by atoms with van der Waals surface area (Å²) < 4.78 is 25.8. The van der Waals surface area contributed by atoms with Gasteiger partial charge in [0.05, 0.1) is 6.54 Å². The summed E-state index contributed by atoms with van der Waals surface area (Å²) in [6.45, 7) is 0.464. The Morgan fingerprint density at radius 1 is 1.50 bits per heavy atom. The van der Waals surface area contributed by atoms with Gasteiger partial charge in [-0.2, -0.15) is 0 Å². The molecule has 1 saturated heterocycles. The molecular formula is C9H16F2N2O. The van der Waals surface area contributed by atoms with Crippen LogP contribution in [0.3, 0.4) is 0 Å². The molecule has 0 bridgehead atoms. The van der Waals surface area contributed by atoms with Crippen molar-refractivity contribution >= 4 is 5.91 Å². The number of nitrogens with two attached hydrogens (primary N) is 1. The fraction of sp³-hybridized carbons (Fsp3) is 0.889. The predicted octanol–water partition coefficient (Wildman–Crippen LogP) is 0.983. The van der Waals surface area contributed by atoms with Gasteiger partial charge in [-0.05, 0) is 19.4 Å². The molecule has 0 aromatic heterocycles. The van der Waals surface area contributed by atoms with Crippen LogP contribution in [0, 0.1) is 0 Å². The lowest BCUT2D eigenvalue weighted by Gasteiger charge is -2.32. The van der Waals surface area contributed by atoms with Gasteiger partial charge in [0, 0.05) is 19.4 Å². The van der Waals surface area contributed by atoms with E-state index >= 15 is 0 Å². The average molecular weight is 206 g/mol. The summed E-state index contributed by atoms with van der Waals surface area (Å²) in [4.78, 5) is 12.6. The molecule has 3 nitrogen and oxygen atoms in total. The standard InChI is InChI=1S/C9H16F2N2O/c10-9(11)4-2-6-13(7-9)8(14)3-1-5-12/h1-7,12H2. The Balaban J connectivity index is 2.40. The second kappa shape index (κ2) is 4.68. The third-order valence-corrected chi connectivity index (χ3v) is 2.34. The van der Waals surface area contributed by atoms with Crippen LogP contribution in [0.1, 0.15) is 25.7 Å². The average Bonchev–Trinajstić information content (AvgIpc) is 2.12. The lowest BCUT2D eigenvalue weighted by Crippen LogP contribution is -2.45. The molecule has 0 saturated carbocycles. The van der Waals surface area contributed by atoms with Crippen molar-refractivity contribution in [2.45, 2.75) is 31.6 Å². The lowest BCUT2D eigenvalue weighted by atomic mass is 10.1. The van der Waals surface area contributed by atoms with Gasteiger partial charge in [0.1, 0.15) is 0 Å². The molecule has 14 heavy (non-hydrogen) atoms. The molecule has 1 aliphatic rings. The quantitative estimate of drug-likeness (QED) is 0.748. The zero-order chi connectivity index (χ0) is 10.6. The maximum absolute atomic E-state index is 12.9. The zero-order valence-corrected chi connectivity index (χ0v) is 8.14. The van der Waals surface area contributed by atoms with Crippen molar-refractivity contribution in [2.24, 2.45) is 5.73 Å². The topological polar surface area (TPSA) is 46.3 Å². The summed E-state index contributed by atoms with van der Waals surface area (Å²) in [6.07, 6.45) is 1.14. The van der Waals surface area contributed by atoms with Gasteiger partial charge in [-0.25, -0.2) is 8.78 Å². The van der Waals surface area contributed by atoms with Crippen LogP contribution in [-0.4, -0.2) is 36.4 Å². The number of alkyl halides is 2. The molecule has 0 spiro atoms. The molecule has 0 atom stereocenters. The third-order valence-electron chi connectivity index (χ3n) is 2.34. The van der Waals surface area contributed by atoms with E-state index in [9.17, 15) is 13.6 Å². The van der Waals surface area contributed by atoms with Crippen LogP contribution in [0.5, 0.6) is 0 Å². The molecule has 1 heterocycles. The molecule has 82 valence electrons. The van der Waals surface area contributed by atoms with Gasteiger partial charge in [-0.3, -0.25) is 4.79 Å². The fourth-order valence-electron chi connectivity index (χ4n) is 1.59. The zero-order valence-electron chi connectivity index (χ0n) is 8.14. The van der Waals surface area contributed by atoms with E-state index in [0.717, 1.165) is 0 Å². The highest BCUT2D eigenvalue weighted by Crippen LogP contribution is 2.26. The maximum atomic E-state index is 12.9. The first kappa shape index (κ1) is 11.4. The minimum Gasteiger partial charge on any atom is -0.337 e. The number of carbonyl (C=O) groups excluding carboxylic acids is 1. The Hall–Kier alpha value is -0.710. The Morgan fingerprint density at radius 3 is 2.79 bits per heavy atom. The van der Waals surface area contributed by atoms with Crippen LogP contribution in [0.15, 0.2) is 0 Å². The highest BCUT2D eigenvalue weighted by Gasteiger charge is 2.36. The number of rotatable bonds is 3. The Labute approximate surface area is 82.2 Å². The number of piperidine rings is 1. The first-order chi connectivity index (χ1) is 6.55. The van der Waals surface area contributed by atoms with Crippen LogP contribution in [0.25, 0.3) is 0 Å². The van der Waals surface area contributed by atoms with Gasteiger partial charge in [-0.1, -0.05) is 0 Å². The minimum atomic E-state index is -2.70. The number of amides is 1. The van der Waals surface area contributed by atoms with Crippen LogP contribution in [0.2, 0.25) is 0 Å². The normalized spacial score (nSPS) is 20.9. The highest BCUT2D eigenvalue weighted by molar-refractivity contribution is 5.76. The molecule has 1 fully saturated rings. The summed E-state index contributed by atoms with van der Waals surface area (Å²) in [5.41, 5.74) is 5.24. The van der Waals surface area contributed by atoms with Crippen molar-refractivity contribution in [3.63, 3.8) is 0 Å². The summed E-state index contributed by atoms with van der Waals surface area (Å²) in [7, 11) is 0. The predicted molar refractivity (Wildman–Crippen MR) is 49.0 cm³/mol. The SMILES string of the molecule is NCCCC(=O)N1CCCC(F)(F)C1. The van der Waals surface area contributed by atoms with Crippen LogP contribution >= 0.6 is 0 Å². The number of nitrogens with zero attached hydrogens (tertiary/aromatic N) is 1. The van der Waals surface area contributed by atoms with E-state index in [1.165, 1.54) is 4.90 Å². The number of halogens is 2. The second-order valence-electron chi connectivity index (χ2n) is 3.67. The minimum absolute atomic E-state index is 0.104. The Kier molecular flexibility index (Phi) is 3.80. The van der Waals surface area contributed by atoms with E-state index in [1.807, 2.05) is 0 Å². The summed E-state index contributed by atoms with van der Waals surface area (Å²) in [5.74, 6) is -2.90. The van der Waals surface area contributed by atoms with Crippen molar-refractivity contribution < 1.29 is 13.6 Å². The number of likely N-dealkylation sites (tertiary alicyclic amines) is 1. The van der Waals surface area contributed by atoms with Crippen molar-refractivity contribution in [2.75, 3.05) is 19.6 Å². The van der Waals surface area contributed by atoms with E-state index in [4.69, 9.17) is 5.73 Å². The van der Waals surface area contributed by atoms with E-state index in [0.29, 0.717) is 25.9 Å². The first-order valence-electron chi connectivity index (χ1n) is 4.91. The smallest absolute Gasteiger partial charge is 0.265 e. The highest BCUT2D eigenvalue weighted by atomic mass is 19.3. The van der Waals surface area contributed by atoms with Gasteiger partial charge in [0.25, 0.3) is 5.92 Å². The first-order valence-corrected chi connectivity index (χ1v) is 4.91. The van der Waals surface area contributed by atoms with E-state index in [2.05, 4.69) is 0 Å². The van der Waals surface area contributed by atoms with Gasteiger partial charge in [0.15, 0.2) is 0 Å². The lowest BCUT2D eigenvalue weighted by molar-refractivity contribution is -0.141. The van der Waals surface area contributed by atoms with Crippen LogP contribution in [0.4, 0.5) is 8.78 Å². The van der Waals surface area contributed by atoms with Gasteiger partial charge in [0.2, 0.25) is 5.91 Å². The summed E-state index contributed by atoms with van der Waals surface area (Å²) in [5, 5.41) is 0.